The number of anilines is 2. The van der Waals surface area contributed by atoms with E-state index in [0.717, 1.165) is 11.8 Å². The zero-order chi connectivity index (χ0) is 19.9. The molecule has 0 radical (unpaired) electrons. The molecule has 0 heterocycles. The Morgan fingerprint density at radius 1 is 1.00 bits per heavy atom. The number of carbonyl (C=O) groups excluding carboxylic acids is 2. The van der Waals surface area contributed by atoms with E-state index in [1.807, 2.05) is 30.3 Å². The third-order valence-corrected chi connectivity index (χ3v) is 4.94. The minimum Gasteiger partial charge on any atom is -0.352 e. The lowest BCUT2D eigenvalue weighted by atomic mass is 10.2. The Kier molecular flexibility index (Phi) is 6.95. The molecule has 0 aliphatic carbocycles. The minimum absolute atomic E-state index is 0.0267. The topological polar surface area (TPSA) is 95.6 Å². The van der Waals surface area contributed by atoms with Crippen LogP contribution in [0.15, 0.2) is 54.6 Å². The average Bonchev–Trinajstić information content (AvgIpc) is 2.61. The van der Waals surface area contributed by atoms with Crippen molar-refractivity contribution in [1.82, 2.24) is 5.32 Å². The van der Waals surface area contributed by atoms with Crippen LogP contribution in [0, 0.1) is 0 Å². The van der Waals surface area contributed by atoms with Crippen molar-refractivity contribution >= 4 is 33.2 Å². The van der Waals surface area contributed by atoms with E-state index in [1.54, 1.807) is 24.3 Å². The van der Waals surface area contributed by atoms with Gasteiger partial charge in [0.05, 0.1) is 11.9 Å². The Bertz CT molecular complexity index is 881. The molecule has 0 fully saturated rings. The van der Waals surface area contributed by atoms with Gasteiger partial charge in [0.25, 0.3) is 0 Å². The van der Waals surface area contributed by atoms with E-state index < -0.39 is 10.0 Å². The van der Waals surface area contributed by atoms with Crippen LogP contribution in [0.25, 0.3) is 0 Å². The lowest BCUT2D eigenvalue weighted by Gasteiger charge is -2.22. The molecule has 27 heavy (non-hydrogen) atoms. The number of carbonyl (C=O) groups is 2. The van der Waals surface area contributed by atoms with Crippen LogP contribution in [0.1, 0.15) is 18.9 Å². The number of hydrogen-bond donors (Lipinski definition) is 2. The first-order valence-corrected chi connectivity index (χ1v) is 10.3. The molecular weight excluding hydrogens is 366 g/mol. The first-order chi connectivity index (χ1) is 12.8. The van der Waals surface area contributed by atoms with Crippen molar-refractivity contribution in [3.8, 4) is 0 Å². The predicted molar refractivity (Wildman–Crippen MR) is 106 cm³/mol. The molecule has 144 valence electrons. The summed E-state index contributed by atoms with van der Waals surface area (Å²) in [5.41, 5.74) is 1.97. The number of benzene rings is 2. The first kappa shape index (κ1) is 20.4. The summed E-state index contributed by atoms with van der Waals surface area (Å²) in [6, 6.07) is 15.9. The third kappa shape index (κ3) is 6.74. The van der Waals surface area contributed by atoms with E-state index in [4.69, 9.17) is 0 Å². The van der Waals surface area contributed by atoms with Gasteiger partial charge in [-0.15, -0.1) is 0 Å². The van der Waals surface area contributed by atoms with Crippen LogP contribution >= 0.6 is 0 Å². The average molecular weight is 389 g/mol. The van der Waals surface area contributed by atoms with Crippen LogP contribution in [0.3, 0.4) is 0 Å². The second-order valence-electron chi connectivity index (χ2n) is 6.08. The second-order valence-corrected chi connectivity index (χ2v) is 7.98. The molecule has 0 atom stereocenters. The molecule has 2 aromatic rings. The van der Waals surface area contributed by atoms with Crippen LogP contribution in [0.4, 0.5) is 11.4 Å². The highest BCUT2D eigenvalue weighted by atomic mass is 32.2. The first-order valence-electron chi connectivity index (χ1n) is 8.41. The molecule has 0 spiro atoms. The van der Waals surface area contributed by atoms with Crippen LogP contribution in [0.2, 0.25) is 0 Å². The maximum atomic E-state index is 12.1. The number of amides is 2. The van der Waals surface area contributed by atoms with E-state index in [1.165, 1.54) is 11.2 Å². The standard InChI is InChI=1S/C19H23N3O4S/c1-15(23)21-17-8-10-18(11-9-17)22(27(2,25)26)13-12-19(24)20-14-16-6-4-3-5-7-16/h3-11H,12-14H2,1-2H3,(H,20,24)(H,21,23). The van der Waals surface area contributed by atoms with Crippen molar-refractivity contribution in [2.24, 2.45) is 0 Å². The summed E-state index contributed by atoms with van der Waals surface area (Å²) in [7, 11) is -3.55. The summed E-state index contributed by atoms with van der Waals surface area (Å²) in [5, 5.41) is 5.40. The molecular formula is C19H23N3O4S. The maximum Gasteiger partial charge on any atom is 0.232 e. The molecule has 0 saturated heterocycles. The van der Waals surface area contributed by atoms with E-state index >= 15 is 0 Å². The van der Waals surface area contributed by atoms with Crippen molar-refractivity contribution in [3.63, 3.8) is 0 Å². The fourth-order valence-corrected chi connectivity index (χ4v) is 3.42. The van der Waals surface area contributed by atoms with Gasteiger partial charge in [-0.1, -0.05) is 30.3 Å². The normalized spacial score (nSPS) is 10.9. The number of nitrogens with one attached hydrogen (secondary N) is 2. The smallest absolute Gasteiger partial charge is 0.232 e. The Hall–Kier alpha value is -2.87. The van der Waals surface area contributed by atoms with Gasteiger partial charge in [0, 0.05) is 32.1 Å². The highest BCUT2D eigenvalue weighted by molar-refractivity contribution is 7.92. The molecule has 8 heteroatoms. The van der Waals surface area contributed by atoms with Crippen LogP contribution in [0.5, 0.6) is 0 Å². The SMILES string of the molecule is CC(=O)Nc1ccc(N(CCC(=O)NCc2ccccc2)S(C)(=O)=O)cc1. The molecule has 2 aromatic carbocycles. The van der Waals surface area contributed by atoms with Crippen LogP contribution < -0.4 is 14.9 Å². The lowest BCUT2D eigenvalue weighted by Crippen LogP contribution is -2.34. The quantitative estimate of drug-likeness (QED) is 0.723. The number of rotatable bonds is 8. The van der Waals surface area contributed by atoms with Crippen molar-refractivity contribution in [3.05, 3.63) is 60.2 Å². The minimum atomic E-state index is -3.55. The Morgan fingerprint density at radius 2 is 1.63 bits per heavy atom. The Morgan fingerprint density at radius 3 is 2.19 bits per heavy atom. The summed E-state index contributed by atoms with van der Waals surface area (Å²) < 4.78 is 25.4. The summed E-state index contributed by atoms with van der Waals surface area (Å²) in [6.07, 6.45) is 1.13. The predicted octanol–water partition coefficient (Wildman–Crippen LogP) is 2.12. The number of hydrogen-bond acceptors (Lipinski definition) is 4. The lowest BCUT2D eigenvalue weighted by molar-refractivity contribution is -0.121. The highest BCUT2D eigenvalue weighted by Crippen LogP contribution is 2.20. The molecule has 7 nitrogen and oxygen atoms in total. The maximum absolute atomic E-state index is 12.1. The van der Waals surface area contributed by atoms with Crippen molar-refractivity contribution in [2.75, 3.05) is 22.4 Å². The zero-order valence-corrected chi connectivity index (χ0v) is 16.1. The molecule has 2 amide bonds. The largest absolute Gasteiger partial charge is 0.352 e. The molecule has 0 aliphatic heterocycles. The van der Waals surface area contributed by atoms with Crippen molar-refractivity contribution in [1.29, 1.82) is 0 Å². The van der Waals surface area contributed by atoms with Gasteiger partial charge < -0.3 is 10.6 Å². The van der Waals surface area contributed by atoms with Gasteiger partial charge in [0.2, 0.25) is 21.8 Å². The third-order valence-electron chi connectivity index (χ3n) is 3.75. The zero-order valence-electron chi connectivity index (χ0n) is 15.3. The van der Waals surface area contributed by atoms with Gasteiger partial charge >= 0.3 is 0 Å². The summed E-state index contributed by atoms with van der Waals surface area (Å²) in [6.45, 7) is 1.81. The van der Waals surface area contributed by atoms with Gasteiger partial charge in [-0.3, -0.25) is 13.9 Å². The van der Waals surface area contributed by atoms with Crippen molar-refractivity contribution < 1.29 is 18.0 Å². The number of sulfonamides is 1. The molecule has 0 aliphatic rings. The number of nitrogens with zero attached hydrogens (tertiary/aromatic N) is 1. The van der Waals surface area contributed by atoms with Crippen molar-refractivity contribution in [2.45, 2.75) is 19.9 Å². The highest BCUT2D eigenvalue weighted by Gasteiger charge is 2.18. The van der Waals surface area contributed by atoms with E-state index in [-0.39, 0.29) is 24.8 Å². The van der Waals surface area contributed by atoms with Crippen LogP contribution in [-0.2, 0) is 26.2 Å². The van der Waals surface area contributed by atoms with E-state index in [0.29, 0.717) is 17.9 Å². The Balaban J connectivity index is 1.98. The van der Waals surface area contributed by atoms with Gasteiger partial charge in [-0.05, 0) is 29.8 Å². The molecule has 0 unspecified atom stereocenters. The van der Waals surface area contributed by atoms with Gasteiger partial charge in [0.1, 0.15) is 0 Å². The van der Waals surface area contributed by atoms with Gasteiger partial charge in [0.15, 0.2) is 0 Å². The molecule has 0 aromatic heterocycles. The fraction of sp³-hybridized carbons (Fsp3) is 0.263. The summed E-state index contributed by atoms with van der Waals surface area (Å²) in [5.74, 6) is -0.444. The van der Waals surface area contributed by atoms with Gasteiger partial charge in [-0.2, -0.15) is 0 Å². The van der Waals surface area contributed by atoms with Gasteiger partial charge in [-0.25, -0.2) is 8.42 Å². The molecule has 0 bridgehead atoms. The molecule has 2 rings (SSSR count). The van der Waals surface area contributed by atoms with E-state index in [9.17, 15) is 18.0 Å². The summed E-state index contributed by atoms with van der Waals surface area (Å²) >= 11 is 0. The summed E-state index contributed by atoms with van der Waals surface area (Å²) in [4.78, 5) is 23.1. The molecule has 0 saturated carbocycles. The fourth-order valence-electron chi connectivity index (χ4n) is 2.49. The Labute approximate surface area is 159 Å². The monoisotopic (exact) mass is 389 g/mol. The van der Waals surface area contributed by atoms with Crippen LogP contribution in [-0.4, -0.2) is 33.0 Å². The molecule has 2 N–H and O–H groups in total. The second kappa shape index (κ2) is 9.18. The van der Waals surface area contributed by atoms with E-state index in [2.05, 4.69) is 10.6 Å².